The minimum atomic E-state index is -0.124. The molecule has 11 aromatic rings. The van der Waals surface area contributed by atoms with E-state index in [4.69, 9.17) is 8.83 Å². The van der Waals surface area contributed by atoms with Gasteiger partial charge in [-0.05, 0) is 113 Å². The van der Waals surface area contributed by atoms with Crippen molar-refractivity contribution in [2.75, 3.05) is 4.90 Å². The standard InChI is InChI=1S/C53H36N2O2/c1-53(2)45-15-7-4-12-39(45)40-28-27-38(32-46(40)53)54(35-21-19-33(20-22-35)50-31-34-11-3-9-17-48(34)56-50)36-23-25-37(26-24-36)55-47-16-8-5-13-41(47)43-29-30-44-42-14-6-10-18-49(42)57-52(44)51(43)55/h3-32H,1-2H3. The van der Waals surface area contributed by atoms with Gasteiger partial charge in [-0.1, -0.05) is 105 Å². The van der Waals surface area contributed by atoms with E-state index < -0.39 is 0 Å². The minimum absolute atomic E-state index is 0.124. The molecule has 4 heteroatoms. The summed E-state index contributed by atoms with van der Waals surface area (Å²) in [6.07, 6.45) is 0. The number of para-hydroxylation sites is 3. The number of nitrogens with zero attached hydrogens (tertiary/aromatic N) is 2. The summed E-state index contributed by atoms with van der Waals surface area (Å²) in [5.41, 5.74) is 15.5. The first-order valence-corrected chi connectivity index (χ1v) is 19.6. The van der Waals surface area contributed by atoms with Crippen molar-refractivity contribution in [3.8, 4) is 28.1 Å². The van der Waals surface area contributed by atoms with Crippen molar-refractivity contribution in [1.29, 1.82) is 0 Å². The van der Waals surface area contributed by atoms with E-state index in [-0.39, 0.29) is 5.41 Å². The van der Waals surface area contributed by atoms with Crippen LogP contribution >= 0.6 is 0 Å². The monoisotopic (exact) mass is 732 g/mol. The summed E-state index contributed by atoms with van der Waals surface area (Å²) in [7, 11) is 0. The molecule has 1 aliphatic rings. The zero-order valence-corrected chi connectivity index (χ0v) is 31.5. The van der Waals surface area contributed by atoms with E-state index in [2.05, 4.69) is 181 Å². The molecule has 0 N–H and O–H groups in total. The van der Waals surface area contributed by atoms with Crippen molar-refractivity contribution in [3.05, 3.63) is 193 Å². The first-order chi connectivity index (χ1) is 28.0. The van der Waals surface area contributed by atoms with Crippen molar-refractivity contribution in [2.24, 2.45) is 0 Å². The predicted octanol–water partition coefficient (Wildman–Crippen LogP) is 14.9. The molecule has 57 heavy (non-hydrogen) atoms. The Balaban J connectivity index is 1.02. The summed E-state index contributed by atoms with van der Waals surface area (Å²) in [5.74, 6) is 0.862. The van der Waals surface area contributed by atoms with Crippen molar-refractivity contribution in [3.63, 3.8) is 0 Å². The van der Waals surface area contributed by atoms with Crippen LogP contribution in [0.25, 0.3) is 82.9 Å². The van der Waals surface area contributed by atoms with Gasteiger partial charge in [0.15, 0.2) is 5.58 Å². The molecule has 0 unspecified atom stereocenters. The van der Waals surface area contributed by atoms with E-state index in [1.54, 1.807) is 0 Å². The molecule has 270 valence electrons. The van der Waals surface area contributed by atoms with Crippen LogP contribution in [0.15, 0.2) is 191 Å². The summed E-state index contributed by atoms with van der Waals surface area (Å²) in [4.78, 5) is 2.37. The summed E-state index contributed by atoms with van der Waals surface area (Å²) in [5, 5.41) is 5.73. The van der Waals surface area contributed by atoms with Crippen LogP contribution in [0.4, 0.5) is 17.1 Å². The molecule has 0 radical (unpaired) electrons. The Hall–Kier alpha value is -7.30. The van der Waals surface area contributed by atoms with Gasteiger partial charge in [-0.15, -0.1) is 0 Å². The van der Waals surface area contributed by atoms with Crippen molar-refractivity contribution in [1.82, 2.24) is 4.57 Å². The second-order valence-electron chi connectivity index (χ2n) is 15.7. The lowest BCUT2D eigenvalue weighted by atomic mass is 9.82. The second-order valence-corrected chi connectivity index (χ2v) is 15.7. The molecule has 0 aliphatic heterocycles. The molecule has 3 aromatic heterocycles. The molecular weight excluding hydrogens is 697 g/mol. The van der Waals surface area contributed by atoms with E-state index in [1.807, 2.05) is 24.3 Å². The SMILES string of the molecule is CC1(C)c2ccccc2-c2ccc(N(c3ccc(-c4cc5ccccc5o4)cc3)c3ccc(-n4c5ccccc5c5ccc6c7ccccc7oc6c54)cc3)cc21. The molecule has 0 saturated carbocycles. The van der Waals surface area contributed by atoms with E-state index in [1.165, 1.54) is 33.0 Å². The zero-order valence-electron chi connectivity index (χ0n) is 31.5. The van der Waals surface area contributed by atoms with Crippen LogP contribution in [0.3, 0.4) is 0 Å². The van der Waals surface area contributed by atoms with Crippen LogP contribution in [-0.4, -0.2) is 4.57 Å². The van der Waals surface area contributed by atoms with Gasteiger partial charge in [0.2, 0.25) is 0 Å². The van der Waals surface area contributed by atoms with Gasteiger partial charge in [0.25, 0.3) is 0 Å². The highest BCUT2D eigenvalue weighted by Crippen LogP contribution is 2.51. The van der Waals surface area contributed by atoms with Gasteiger partial charge in [0.1, 0.15) is 16.9 Å². The summed E-state index contributed by atoms with van der Waals surface area (Å²) >= 11 is 0. The fraction of sp³-hybridized carbons (Fsp3) is 0.0566. The van der Waals surface area contributed by atoms with Crippen molar-refractivity contribution < 1.29 is 8.83 Å². The quantitative estimate of drug-likeness (QED) is 0.177. The number of rotatable bonds is 5. The first-order valence-electron chi connectivity index (χ1n) is 19.6. The maximum Gasteiger partial charge on any atom is 0.160 e. The highest BCUT2D eigenvalue weighted by molar-refractivity contribution is 6.21. The number of hydrogen-bond donors (Lipinski definition) is 0. The topological polar surface area (TPSA) is 34.5 Å². The van der Waals surface area contributed by atoms with Crippen LogP contribution in [0.1, 0.15) is 25.0 Å². The molecule has 0 saturated heterocycles. The van der Waals surface area contributed by atoms with E-state index in [9.17, 15) is 0 Å². The molecule has 3 heterocycles. The molecular formula is C53H36N2O2. The number of furan rings is 2. The number of fused-ring (bicyclic) bond motifs is 11. The predicted molar refractivity (Wildman–Crippen MR) is 236 cm³/mol. The fourth-order valence-corrected chi connectivity index (χ4v) is 9.43. The van der Waals surface area contributed by atoms with Gasteiger partial charge in [0, 0.05) is 60.7 Å². The van der Waals surface area contributed by atoms with Gasteiger partial charge >= 0.3 is 0 Å². The Morgan fingerprint density at radius 1 is 0.474 bits per heavy atom. The van der Waals surface area contributed by atoms with Crippen LogP contribution in [0.5, 0.6) is 0 Å². The Labute approximate surface area is 329 Å². The second kappa shape index (κ2) is 11.8. The molecule has 0 spiro atoms. The Kier molecular flexibility index (Phi) is 6.65. The fourth-order valence-electron chi connectivity index (χ4n) is 9.43. The van der Waals surface area contributed by atoms with Gasteiger partial charge < -0.3 is 18.3 Å². The third-order valence-electron chi connectivity index (χ3n) is 12.2. The lowest BCUT2D eigenvalue weighted by Crippen LogP contribution is -2.16. The summed E-state index contributed by atoms with van der Waals surface area (Å²) in [6.45, 7) is 4.68. The molecule has 0 atom stereocenters. The van der Waals surface area contributed by atoms with Gasteiger partial charge in [-0.3, -0.25) is 0 Å². The largest absolute Gasteiger partial charge is 0.456 e. The maximum absolute atomic E-state index is 6.63. The molecule has 0 amide bonds. The number of anilines is 3. The summed E-state index contributed by atoms with van der Waals surface area (Å²) < 4.78 is 15.3. The average Bonchev–Trinajstić information content (AvgIpc) is 4.01. The normalized spacial score (nSPS) is 13.2. The molecule has 12 rings (SSSR count). The maximum atomic E-state index is 6.63. The third kappa shape index (κ3) is 4.68. The third-order valence-corrected chi connectivity index (χ3v) is 12.2. The minimum Gasteiger partial charge on any atom is -0.456 e. The molecule has 0 fully saturated rings. The molecule has 8 aromatic carbocycles. The van der Waals surface area contributed by atoms with Crippen molar-refractivity contribution >= 4 is 71.8 Å². The lowest BCUT2D eigenvalue weighted by molar-refractivity contribution is 0.631. The zero-order chi connectivity index (χ0) is 37.8. The van der Waals surface area contributed by atoms with E-state index in [0.717, 1.165) is 78.0 Å². The molecule has 0 bridgehead atoms. The number of benzene rings is 8. The van der Waals surface area contributed by atoms with Crippen LogP contribution in [0.2, 0.25) is 0 Å². The highest BCUT2D eigenvalue weighted by atomic mass is 16.3. The van der Waals surface area contributed by atoms with Crippen LogP contribution < -0.4 is 4.90 Å². The smallest absolute Gasteiger partial charge is 0.160 e. The van der Waals surface area contributed by atoms with Crippen LogP contribution in [0, 0.1) is 0 Å². The highest BCUT2D eigenvalue weighted by Gasteiger charge is 2.35. The Morgan fingerprint density at radius 3 is 1.95 bits per heavy atom. The molecule has 4 nitrogen and oxygen atoms in total. The molecule has 1 aliphatic carbocycles. The average molecular weight is 733 g/mol. The number of hydrogen-bond acceptors (Lipinski definition) is 3. The number of aromatic nitrogens is 1. The Morgan fingerprint density at radius 2 is 1.12 bits per heavy atom. The van der Waals surface area contributed by atoms with E-state index >= 15 is 0 Å². The summed E-state index contributed by atoms with van der Waals surface area (Å²) in [6, 6.07) is 65.2. The lowest BCUT2D eigenvalue weighted by Gasteiger charge is -2.28. The Bertz CT molecular complexity index is 3340. The van der Waals surface area contributed by atoms with Gasteiger partial charge in [-0.25, -0.2) is 0 Å². The van der Waals surface area contributed by atoms with E-state index in [0.29, 0.717) is 0 Å². The van der Waals surface area contributed by atoms with Gasteiger partial charge in [-0.2, -0.15) is 0 Å². The van der Waals surface area contributed by atoms with Crippen molar-refractivity contribution in [2.45, 2.75) is 19.3 Å². The first kappa shape index (κ1) is 32.0. The van der Waals surface area contributed by atoms with Gasteiger partial charge in [0.05, 0.1) is 11.0 Å². The van der Waals surface area contributed by atoms with Crippen LogP contribution in [-0.2, 0) is 5.41 Å².